The van der Waals surface area contributed by atoms with Gasteiger partial charge in [0.15, 0.2) is 0 Å². The molecule has 0 bridgehead atoms. The summed E-state index contributed by atoms with van der Waals surface area (Å²) in [6.07, 6.45) is 1.07. The third-order valence-electron chi connectivity index (χ3n) is 3.16. The van der Waals surface area contributed by atoms with Gasteiger partial charge in [0.25, 0.3) is 0 Å². The third-order valence-corrected chi connectivity index (χ3v) is 3.16. The normalized spacial score (nSPS) is 12.0. The fourth-order valence-corrected chi connectivity index (χ4v) is 2.09. The number of halogens is 1. The second-order valence-corrected chi connectivity index (χ2v) is 8.20. The topological polar surface area (TPSA) is 85.3 Å². The van der Waals surface area contributed by atoms with Crippen LogP contribution >= 0.6 is 0 Å². The number of hydrogen-bond acceptors (Lipinski definition) is 6. The van der Waals surface area contributed by atoms with Crippen molar-refractivity contribution in [2.45, 2.75) is 52.7 Å². The summed E-state index contributed by atoms with van der Waals surface area (Å²) in [4.78, 5) is 25.7. The van der Waals surface area contributed by atoms with Crippen molar-refractivity contribution in [2.75, 3.05) is 19.8 Å². The highest BCUT2D eigenvalue weighted by atomic mass is 19.1. The van der Waals surface area contributed by atoms with Crippen LogP contribution in [0.2, 0.25) is 0 Å². The Morgan fingerprint density at radius 3 is 2.10 bits per heavy atom. The number of nitrogens with zero attached hydrogens (tertiary/aromatic N) is 1. The number of amides is 2. The van der Waals surface area contributed by atoms with Gasteiger partial charge in [-0.05, 0) is 53.7 Å². The summed E-state index contributed by atoms with van der Waals surface area (Å²) in [6, 6.07) is 4.29. The number of aliphatic hydroxyl groups is 1. The SMILES string of the molecule is CC(C)(C)OC(=O)N(C/C=C/c1c(F)cccc1OCCO)C(=O)OC(C)(C)C. The van der Waals surface area contributed by atoms with Crippen molar-refractivity contribution in [3.63, 3.8) is 0 Å². The van der Waals surface area contributed by atoms with Gasteiger partial charge in [0, 0.05) is 0 Å². The van der Waals surface area contributed by atoms with Gasteiger partial charge < -0.3 is 19.3 Å². The van der Waals surface area contributed by atoms with Crippen LogP contribution in [0.5, 0.6) is 5.75 Å². The molecule has 162 valence electrons. The van der Waals surface area contributed by atoms with E-state index in [2.05, 4.69) is 0 Å². The maximum absolute atomic E-state index is 14.2. The van der Waals surface area contributed by atoms with E-state index in [1.807, 2.05) is 0 Å². The summed E-state index contributed by atoms with van der Waals surface area (Å²) in [5, 5.41) is 8.90. The van der Waals surface area contributed by atoms with E-state index >= 15 is 0 Å². The van der Waals surface area contributed by atoms with Crippen LogP contribution in [0.3, 0.4) is 0 Å². The van der Waals surface area contributed by atoms with Crippen LogP contribution in [0, 0.1) is 5.82 Å². The van der Waals surface area contributed by atoms with Crippen LogP contribution in [-0.2, 0) is 9.47 Å². The van der Waals surface area contributed by atoms with Crippen molar-refractivity contribution < 1.29 is 33.3 Å². The molecular weight excluding hydrogens is 381 g/mol. The molecule has 0 aliphatic heterocycles. The minimum Gasteiger partial charge on any atom is -0.490 e. The molecule has 0 aliphatic rings. The highest BCUT2D eigenvalue weighted by Crippen LogP contribution is 2.23. The standard InChI is InChI=1S/C21H30FNO6/c1-20(2,3)28-18(25)23(19(26)29-21(4,5)6)12-8-9-15-16(22)10-7-11-17(15)27-14-13-24/h7-11,24H,12-14H2,1-6H3/b9-8+. The van der Waals surface area contributed by atoms with E-state index in [-0.39, 0.29) is 31.1 Å². The molecule has 0 radical (unpaired) electrons. The lowest BCUT2D eigenvalue weighted by Crippen LogP contribution is -2.43. The number of carbonyl (C=O) groups excluding carboxylic acids is 2. The average molecular weight is 411 g/mol. The van der Waals surface area contributed by atoms with E-state index in [0.717, 1.165) is 4.90 Å². The Balaban J connectivity index is 3.05. The van der Waals surface area contributed by atoms with Gasteiger partial charge in [-0.15, -0.1) is 0 Å². The average Bonchev–Trinajstić information content (AvgIpc) is 2.54. The number of hydrogen-bond donors (Lipinski definition) is 1. The van der Waals surface area contributed by atoms with Crippen LogP contribution in [-0.4, -0.2) is 53.2 Å². The predicted molar refractivity (Wildman–Crippen MR) is 107 cm³/mol. The monoisotopic (exact) mass is 411 g/mol. The van der Waals surface area contributed by atoms with E-state index < -0.39 is 29.2 Å². The molecular formula is C21H30FNO6. The Bertz CT molecular complexity index is 706. The second kappa shape index (κ2) is 10.2. The van der Waals surface area contributed by atoms with Crippen molar-refractivity contribution in [2.24, 2.45) is 0 Å². The van der Waals surface area contributed by atoms with E-state index in [1.165, 1.54) is 24.3 Å². The second-order valence-electron chi connectivity index (χ2n) is 8.20. The lowest BCUT2D eigenvalue weighted by molar-refractivity contribution is 0.00377. The molecule has 1 N–H and O–H groups in total. The van der Waals surface area contributed by atoms with E-state index in [1.54, 1.807) is 47.6 Å². The van der Waals surface area contributed by atoms with Gasteiger partial charge in [-0.3, -0.25) is 0 Å². The highest BCUT2D eigenvalue weighted by molar-refractivity contribution is 5.88. The zero-order valence-corrected chi connectivity index (χ0v) is 17.8. The molecule has 0 aliphatic carbocycles. The maximum Gasteiger partial charge on any atom is 0.420 e. The molecule has 7 nitrogen and oxygen atoms in total. The lowest BCUT2D eigenvalue weighted by atomic mass is 10.1. The largest absolute Gasteiger partial charge is 0.490 e. The van der Waals surface area contributed by atoms with Crippen LogP contribution in [0.4, 0.5) is 14.0 Å². The van der Waals surface area contributed by atoms with Gasteiger partial charge in [-0.2, -0.15) is 0 Å². The molecule has 0 saturated heterocycles. The molecule has 1 aromatic rings. The van der Waals surface area contributed by atoms with Gasteiger partial charge in [0.1, 0.15) is 29.4 Å². The Labute approximate surface area is 171 Å². The lowest BCUT2D eigenvalue weighted by Gasteiger charge is -2.28. The first kappa shape index (κ1) is 24.4. The van der Waals surface area contributed by atoms with Crippen LogP contribution in [0.1, 0.15) is 47.1 Å². The number of imide groups is 1. The van der Waals surface area contributed by atoms with Crippen molar-refractivity contribution in [3.8, 4) is 5.75 Å². The number of carbonyl (C=O) groups is 2. The quantitative estimate of drug-likeness (QED) is 0.748. The Hall–Kier alpha value is -2.61. The van der Waals surface area contributed by atoms with Gasteiger partial charge in [-0.1, -0.05) is 18.2 Å². The zero-order chi connectivity index (χ0) is 22.2. The van der Waals surface area contributed by atoms with Gasteiger partial charge in [0.2, 0.25) is 0 Å². The molecule has 1 rings (SSSR count). The number of benzene rings is 1. The number of rotatable bonds is 6. The molecule has 29 heavy (non-hydrogen) atoms. The van der Waals surface area contributed by atoms with Crippen molar-refractivity contribution in [1.82, 2.24) is 4.90 Å². The van der Waals surface area contributed by atoms with Gasteiger partial charge >= 0.3 is 12.2 Å². The predicted octanol–water partition coefficient (Wildman–Crippen LogP) is 4.38. The molecule has 0 spiro atoms. The Kier molecular flexibility index (Phi) is 8.63. The molecule has 8 heteroatoms. The van der Waals surface area contributed by atoms with Gasteiger partial charge in [0.05, 0.1) is 18.7 Å². The Morgan fingerprint density at radius 1 is 1.07 bits per heavy atom. The van der Waals surface area contributed by atoms with Crippen LogP contribution < -0.4 is 4.74 Å². The number of aliphatic hydroxyl groups excluding tert-OH is 1. The molecule has 1 aromatic carbocycles. The third kappa shape index (κ3) is 8.95. The fraction of sp³-hybridized carbons (Fsp3) is 0.524. The van der Waals surface area contributed by atoms with Crippen LogP contribution in [0.25, 0.3) is 6.08 Å². The van der Waals surface area contributed by atoms with Crippen LogP contribution in [0.15, 0.2) is 24.3 Å². The first-order valence-electron chi connectivity index (χ1n) is 9.26. The molecule has 0 saturated carbocycles. The molecule has 2 amide bonds. The van der Waals surface area contributed by atoms with Crippen molar-refractivity contribution in [1.29, 1.82) is 0 Å². The number of ether oxygens (including phenoxy) is 3. The highest BCUT2D eigenvalue weighted by Gasteiger charge is 2.30. The van der Waals surface area contributed by atoms with Crippen molar-refractivity contribution >= 4 is 18.3 Å². The van der Waals surface area contributed by atoms with E-state index in [4.69, 9.17) is 19.3 Å². The summed E-state index contributed by atoms with van der Waals surface area (Å²) in [6.45, 7) is 9.66. The smallest absolute Gasteiger partial charge is 0.420 e. The fourth-order valence-electron chi connectivity index (χ4n) is 2.09. The minimum absolute atomic E-state index is 0.00619. The molecule has 0 unspecified atom stereocenters. The molecule has 0 heterocycles. The molecule has 0 atom stereocenters. The zero-order valence-electron chi connectivity index (χ0n) is 17.8. The van der Waals surface area contributed by atoms with E-state index in [9.17, 15) is 14.0 Å². The van der Waals surface area contributed by atoms with E-state index in [0.29, 0.717) is 0 Å². The first-order chi connectivity index (χ1) is 13.3. The summed E-state index contributed by atoms with van der Waals surface area (Å²) in [5.74, 6) is -0.311. The maximum atomic E-state index is 14.2. The first-order valence-corrected chi connectivity index (χ1v) is 9.26. The molecule has 0 aromatic heterocycles. The summed E-state index contributed by atoms with van der Waals surface area (Å²) >= 11 is 0. The van der Waals surface area contributed by atoms with Gasteiger partial charge in [-0.25, -0.2) is 18.9 Å². The summed E-state index contributed by atoms with van der Waals surface area (Å²) in [7, 11) is 0. The van der Waals surface area contributed by atoms with Crippen molar-refractivity contribution in [3.05, 3.63) is 35.7 Å². The minimum atomic E-state index is -0.873. The molecule has 0 fully saturated rings. The summed E-state index contributed by atoms with van der Waals surface area (Å²) < 4.78 is 30.0. The summed E-state index contributed by atoms with van der Waals surface area (Å²) in [5.41, 5.74) is -1.48. The Morgan fingerprint density at radius 2 is 1.62 bits per heavy atom.